The molecule has 1 spiro atoms. The van der Waals surface area contributed by atoms with E-state index in [4.69, 9.17) is 4.74 Å². The number of ether oxygens (including phenoxy) is 1. The van der Waals surface area contributed by atoms with Gasteiger partial charge >= 0.3 is 0 Å². The molecule has 0 radical (unpaired) electrons. The van der Waals surface area contributed by atoms with E-state index in [9.17, 15) is 0 Å². The minimum Gasteiger partial charge on any atom is -0.481 e. The van der Waals surface area contributed by atoms with E-state index in [2.05, 4.69) is 165 Å². The lowest BCUT2D eigenvalue weighted by Crippen LogP contribution is -2.53. The third-order valence-electron chi connectivity index (χ3n) is 12.5. The third-order valence-corrected chi connectivity index (χ3v) is 17.2. The Kier molecular flexibility index (Phi) is 9.43. The molecular weight excluding hydrogens is 703 g/mol. The van der Waals surface area contributed by atoms with Gasteiger partial charge in [0.2, 0.25) is 0 Å². The lowest BCUT2D eigenvalue weighted by Gasteiger charge is -2.51. The Morgan fingerprint density at radius 3 is 1.25 bits per heavy atom. The molecule has 0 aromatic heterocycles. The molecule has 0 amide bonds. The van der Waals surface area contributed by atoms with Crippen LogP contribution in [0.4, 0.5) is 0 Å². The summed E-state index contributed by atoms with van der Waals surface area (Å²) >= 11 is 0. The standard InChI is InChI=1S/C52H54OP2/c1-32-18-33(2)23-44(22-32)54(45-24-34(3)19-35(4)25-45)48-16-9-12-40-30-42-14-11-15-43-31-41-13-10-17-49(51(41)53-52(42,43)50(40)48)55(46-26-36(5)20-37(6)27-46)47-28-38(7)21-39(8)29-47/h9-10,12-13,16-29,42-43H,11,14-15,30-31H2,1-8H3/t42-,43?,52-/m1/s1. The molecule has 1 heterocycles. The van der Waals surface area contributed by atoms with Crippen LogP contribution < -0.4 is 36.6 Å². The fourth-order valence-corrected chi connectivity index (χ4v) is 16.6. The number of para-hydroxylation sites is 1. The summed E-state index contributed by atoms with van der Waals surface area (Å²) in [6.45, 7) is 18.0. The van der Waals surface area contributed by atoms with E-state index in [1.54, 1.807) is 0 Å². The van der Waals surface area contributed by atoms with Crippen LogP contribution in [0.1, 0.15) is 80.5 Å². The van der Waals surface area contributed by atoms with Crippen molar-refractivity contribution in [3.8, 4) is 5.75 Å². The summed E-state index contributed by atoms with van der Waals surface area (Å²) in [5.74, 6) is 2.08. The lowest BCUT2D eigenvalue weighted by atomic mass is 9.65. The third kappa shape index (κ3) is 6.51. The topological polar surface area (TPSA) is 9.23 Å². The Hall–Kier alpha value is -4.02. The van der Waals surface area contributed by atoms with Crippen molar-refractivity contribution < 1.29 is 4.74 Å². The van der Waals surface area contributed by atoms with Crippen LogP contribution in [-0.4, -0.2) is 0 Å². The van der Waals surface area contributed by atoms with Crippen LogP contribution in [0.5, 0.6) is 5.75 Å². The van der Waals surface area contributed by atoms with Crippen molar-refractivity contribution >= 4 is 47.7 Å². The van der Waals surface area contributed by atoms with Crippen molar-refractivity contribution in [2.75, 3.05) is 0 Å². The number of benzene rings is 6. The monoisotopic (exact) mass is 756 g/mol. The first-order valence-corrected chi connectivity index (χ1v) is 23.0. The first-order valence-electron chi connectivity index (χ1n) is 20.3. The minimum absolute atomic E-state index is 0.350. The number of hydrogen-bond donors (Lipinski definition) is 0. The van der Waals surface area contributed by atoms with Crippen LogP contribution in [0.3, 0.4) is 0 Å². The van der Waals surface area contributed by atoms with Crippen LogP contribution in [-0.2, 0) is 18.4 Å². The summed E-state index contributed by atoms with van der Waals surface area (Å²) in [6.07, 6.45) is 5.88. The van der Waals surface area contributed by atoms with Gasteiger partial charge < -0.3 is 4.74 Å². The van der Waals surface area contributed by atoms with Gasteiger partial charge in [0, 0.05) is 22.7 Å². The largest absolute Gasteiger partial charge is 0.481 e. The molecule has 0 N–H and O–H groups in total. The van der Waals surface area contributed by atoms with Crippen LogP contribution in [0.2, 0.25) is 0 Å². The summed E-state index contributed by atoms with van der Waals surface area (Å²) in [5.41, 5.74) is 14.7. The van der Waals surface area contributed by atoms with Crippen LogP contribution in [0, 0.1) is 67.2 Å². The maximum absolute atomic E-state index is 8.13. The van der Waals surface area contributed by atoms with Gasteiger partial charge in [-0.1, -0.05) is 160 Å². The number of fused-ring (bicyclic) bond motifs is 2. The molecule has 1 aliphatic heterocycles. The second-order valence-electron chi connectivity index (χ2n) is 17.3. The maximum atomic E-state index is 8.13. The van der Waals surface area contributed by atoms with E-state index in [0.29, 0.717) is 11.8 Å². The highest BCUT2D eigenvalue weighted by molar-refractivity contribution is 7.80. The Balaban J connectivity index is 1.28. The highest BCUT2D eigenvalue weighted by Gasteiger charge is 2.59. The normalized spacial score (nSPS) is 19.8. The van der Waals surface area contributed by atoms with E-state index in [-0.39, 0.29) is 5.60 Å². The van der Waals surface area contributed by atoms with Crippen molar-refractivity contribution in [1.29, 1.82) is 0 Å². The average molecular weight is 757 g/mol. The fourth-order valence-electron chi connectivity index (χ4n) is 10.8. The smallest absolute Gasteiger partial charge is 0.141 e. The molecule has 1 saturated carbocycles. The summed E-state index contributed by atoms with van der Waals surface area (Å²) in [6, 6.07) is 43.3. The van der Waals surface area contributed by atoms with Gasteiger partial charge in [0.25, 0.3) is 0 Å². The van der Waals surface area contributed by atoms with Crippen molar-refractivity contribution in [3.05, 3.63) is 170 Å². The zero-order valence-corrected chi connectivity index (χ0v) is 35.7. The van der Waals surface area contributed by atoms with Crippen molar-refractivity contribution in [2.45, 2.75) is 93.1 Å². The first kappa shape index (κ1) is 36.6. The highest BCUT2D eigenvalue weighted by atomic mass is 31.1. The van der Waals surface area contributed by atoms with Gasteiger partial charge in [-0.3, -0.25) is 0 Å². The molecule has 55 heavy (non-hydrogen) atoms. The molecule has 6 aromatic carbocycles. The van der Waals surface area contributed by atoms with Gasteiger partial charge in [-0.25, -0.2) is 0 Å². The van der Waals surface area contributed by atoms with E-state index in [1.807, 2.05) is 0 Å². The quantitative estimate of drug-likeness (QED) is 0.154. The van der Waals surface area contributed by atoms with Gasteiger partial charge in [-0.2, -0.15) is 0 Å². The van der Waals surface area contributed by atoms with Crippen molar-refractivity contribution in [3.63, 3.8) is 0 Å². The zero-order valence-electron chi connectivity index (χ0n) is 33.9. The predicted octanol–water partition coefficient (Wildman–Crippen LogP) is 10.5. The molecule has 1 unspecified atom stereocenters. The molecule has 3 aliphatic rings. The molecule has 6 aromatic rings. The molecule has 278 valence electrons. The van der Waals surface area contributed by atoms with E-state index >= 15 is 0 Å². The second kappa shape index (κ2) is 14.2. The van der Waals surface area contributed by atoms with Gasteiger partial charge in [0.1, 0.15) is 11.4 Å². The van der Waals surface area contributed by atoms with Gasteiger partial charge in [0.15, 0.2) is 0 Å². The second-order valence-corrected chi connectivity index (χ2v) is 21.6. The molecule has 2 aliphatic carbocycles. The first-order chi connectivity index (χ1) is 26.5. The number of aryl methyl sites for hydroxylation is 8. The Labute approximate surface area is 332 Å². The summed E-state index contributed by atoms with van der Waals surface area (Å²) in [4.78, 5) is 0. The number of rotatable bonds is 6. The molecule has 1 fully saturated rings. The minimum atomic E-state index is -0.867. The van der Waals surface area contributed by atoms with Crippen LogP contribution in [0.15, 0.2) is 109 Å². The highest BCUT2D eigenvalue weighted by Crippen LogP contribution is 2.60. The van der Waals surface area contributed by atoms with E-state index < -0.39 is 15.8 Å². The molecule has 3 atom stereocenters. The van der Waals surface area contributed by atoms with Gasteiger partial charge in [0.05, 0.1) is 0 Å². The lowest BCUT2D eigenvalue weighted by molar-refractivity contribution is -0.0777. The molecule has 1 nitrogen and oxygen atoms in total. The molecule has 0 saturated heterocycles. The van der Waals surface area contributed by atoms with Crippen molar-refractivity contribution in [2.24, 2.45) is 11.8 Å². The summed E-state index contributed by atoms with van der Waals surface area (Å²) in [5, 5.41) is 8.59. The zero-order chi connectivity index (χ0) is 38.2. The Morgan fingerprint density at radius 2 is 0.818 bits per heavy atom. The summed E-state index contributed by atoms with van der Waals surface area (Å²) in [7, 11) is -1.70. The molecule has 3 heteroatoms. The van der Waals surface area contributed by atoms with E-state index in [1.165, 1.54) is 118 Å². The van der Waals surface area contributed by atoms with E-state index in [0.717, 1.165) is 12.8 Å². The summed E-state index contributed by atoms with van der Waals surface area (Å²) < 4.78 is 8.13. The molecule has 9 rings (SSSR count). The average Bonchev–Trinajstić information content (AvgIpc) is 3.43. The number of hydrogen-bond acceptors (Lipinski definition) is 1. The van der Waals surface area contributed by atoms with Crippen LogP contribution in [0.25, 0.3) is 0 Å². The molecule has 0 bridgehead atoms. The fraction of sp³-hybridized carbons (Fsp3) is 0.308. The van der Waals surface area contributed by atoms with Gasteiger partial charge in [-0.15, -0.1) is 0 Å². The van der Waals surface area contributed by atoms with Gasteiger partial charge in [-0.05, 0) is 135 Å². The maximum Gasteiger partial charge on any atom is 0.141 e. The Bertz CT molecular complexity index is 2290. The molecular formula is C52H54OP2. The van der Waals surface area contributed by atoms with Crippen LogP contribution >= 0.6 is 15.8 Å². The van der Waals surface area contributed by atoms with Crippen molar-refractivity contribution in [1.82, 2.24) is 0 Å². The Morgan fingerprint density at radius 1 is 0.455 bits per heavy atom. The SMILES string of the molecule is Cc1cc(C)cc(P(c2cc(C)cc(C)c2)c2cccc3c2O[C@]24c5c(cccc5P(c5cc(C)cc(C)c5)c5cc(C)cc(C)c5)C[C@H]2CCCC4C3)c1. The predicted molar refractivity (Wildman–Crippen MR) is 239 cm³/mol.